The minimum absolute atomic E-state index is 1.01. The molecule has 0 bridgehead atoms. The van der Waals surface area contributed by atoms with Gasteiger partial charge < -0.3 is 4.90 Å². The minimum atomic E-state index is 1.01. The molecule has 0 radical (unpaired) electrons. The Morgan fingerprint density at radius 1 is 0.400 bits per heavy atom. The first-order chi connectivity index (χ1) is 19.7. The molecular formula is C39H29N. The van der Waals surface area contributed by atoms with Crippen molar-refractivity contribution in [3.8, 4) is 33.4 Å². The maximum absolute atomic E-state index is 2.42. The molecular weight excluding hydrogens is 482 g/mol. The van der Waals surface area contributed by atoms with Crippen LogP contribution in [0.2, 0.25) is 0 Å². The van der Waals surface area contributed by atoms with Crippen LogP contribution in [0.15, 0.2) is 133 Å². The van der Waals surface area contributed by atoms with E-state index in [9.17, 15) is 0 Å². The second-order valence-electron chi connectivity index (χ2n) is 11.1. The van der Waals surface area contributed by atoms with Gasteiger partial charge in [-0.25, -0.2) is 0 Å². The van der Waals surface area contributed by atoms with E-state index < -0.39 is 0 Å². The Labute approximate surface area is 236 Å². The summed E-state index contributed by atoms with van der Waals surface area (Å²) in [6.07, 6.45) is 2.01. The molecule has 2 aliphatic rings. The predicted octanol–water partition coefficient (Wildman–Crippen LogP) is 10.3. The summed E-state index contributed by atoms with van der Waals surface area (Å²) in [6.45, 7) is 2.13. The van der Waals surface area contributed by atoms with Gasteiger partial charge in [-0.1, -0.05) is 103 Å². The van der Waals surface area contributed by atoms with Crippen molar-refractivity contribution in [2.45, 2.75) is 19.8 Å². The van der Waals surface area contributed by atoms with Gasteiger partial charge in [-0.15, -0.1) is 0 Å². The second kappa shape index (κ2) is 9.10. The van der Waals surface area contributed by atoms with E-state index in [4.69, 9.17) is 0 Å². The van der Waals surface area contributed by atoms with Crippen LogP contribution in [0.25, 0.3) is 33.4 Å². The normalized spacial score (nSPS) is 12.4. The van der Waals surface area contributed by atoms with E-state index in [2.05, 4.69) is 145 Å². The quantitative estimate of drug-likeness (QED) is 0.227. The first kappa shape index (κ1) is 23.0. The van der Waals surface area contributed by atoms with Crippen LogP contribution < -0.4 is 4.90 Å². The number of aryl methyl sites for hydroxylation is 1. The summed E-state index contributed by atoms with van der Waals surface area (Å²) in [7, 11) is 0. The topological polar surface area (TPSA) is 3.24 Å². The zero-order chi connectivity index (χ0) is 26.6. The van der Waals surface area contributed by atoms with Crippen LogP contribution in [0.3, 0.4) is 0 Å². The van der Waals surface area contributed by atoms with Gasteiger partial charge >= 0.3 is 0 Å². The molecule has 8 rings (SSSR count). The molecule has 0 fully saturated rings. The van der Waals surface area contributed by atoms with Crippen molar-refractivity contribution >= 4 is 17.1 Å². The maximum Gasteiger partial charge on any atom is 0.0468 e. The highest BCUT2D eigenvalue weighted by Gasteiger charge is 2.23. The molecule has 0 amide bonds. The minimum Gasteiger partial charge on any atom is -0.310 e. The van der Waals surface area contributed by atoms with Gasteiger partial charge in [0.15, 0.2) is 0 Å². The van der Waals surface area contributed by atoms with E-state index in [0.717, 1.165) is 18.5 Å². The summed E-state index contributed by atoms with van der Waals surface area (Å²) in [4.78, 5) is 2.42. The summed E-state index contributed by atoms with van der Waals surface area (Å²) in [5.74, 6) is 0. The largest absolute Gasteiger partial charge is 0.310 e. The Bertz CT molecular complexity index is 1800. The Balaban J connectivity index is 1.27. The molecule has 1 heteroatoms. The zero-order valence-electron chi connectivity index (χ0n) is 22.6. The van der Waals surface area contributed by atoms with Crippen LogP contribution in [0.4, 0.5) is 17.1 Å². The number of benzene rings is 6. The van der Waals surface area contributed by atoms with Gasteiger partial charge in [0.2, 0.25) is 0 Å². The average molecular weight is 512 g/mol. The highest BCUT2D eigenvalue weighted by atomic mass is 15.1. The molecule has 0 saturated heterocycles. The Morgan fingerprint density at radius 3 is 1.35 bits per heavy atom. The van der Waals surface area contributed by atoms with Crippen LogP contribution in [0, 0.1) is 6.92 Å². The van der Waals surface area contributed by atoms with Crippen molar-refractivity contribution < 1.29 is 0 Å². The van der Waals surface area contributed by atoms with Gasteiger partial charge in [-0.05, 0) is 112 Å². The van der Waals surface area contributed by atoms with Crippen molar-refractivity contribution in [2.75, 3.05) is 4.90 Å². The number of fused-ring (bicyclic) bond motifs is 6. The number of hydrogen-bond donors (Lipinski definition) is 0. The van der Waals surface area contributed by atoms with Gasteiger partial charge in [0.05, 0.1) is 0 Å². The summed E-state index contributed by atoms with van der Waals surface area (Å²) < 4.78 is 0. The molecule has 1 nitrogen and oxygen atoms in total. The van der Waals surface area contributed by atoms with Gasteiger partial charge in [0.1, 0.15) is 0 Å². The van der Waals surface area contributed by atoms with Crippen molar-refractivity contribution in [1.82, 2.24) is 0 Å². The van der Waals surface area contributed by atoms with Crippen molar-refractivity contribution in [3.63, 3.8) is 0 Å². The lowest BCUT2D eigenvalue weighted by Crippen LogP contribution is -2.10. The summed E-state index contributed by atoms with van der Waals surface area (Å²) in [5, 5.41) is 0. The highest BCUT2D eigenvalue weighted by molar-refractivity contribution is 5.87. The van der Waals surface area contributed by atoms with Crippen LogP contribution in [0.5, 0.6) is 0 Å². The van der Waals surface area contributed by atoms with Crippen molar-refractivity contribution in [1.29, 1.82) is 0 Å². The molecule has 0 heterocycles. The third-order valence-electron chi connectivity index (χ3n) is 8.59. The Kier molecular flexibility index (Phi) is 5.24. The first-order valence-electron chi connectivity index (χ1n) is 14.1. The molecule has 0 aliphatic heterocycles. The molecule has 2 aliphatic carbocycles. The molecule has 40 heavy (non-hydrogen) atoms. The Hall–Kier alpha value is -4.88. The summed E-state index contributed by atoms with van der Waals surface area (Å²) in [6, 6.07) is 49.4. The lowest BCUT2D eigenvalue weighted by molar-refractivity contribution is 1.23. The molecule has 190 valence electrons. The average Bonchev–Trinajstić information content (AvgIpc) is 3.56. The third kappa shape index (κ3) is 3.78. The zero-order valence-corrected chi connectivity index (χ0v) is 22.6. The van der Waals surface area contributed by atoms with Crippen LogP contribution >= 0.6 is 0 Å². The lowest BCUT2D eigenvalue weighted by Gasteiger charge is -2.27. The smallest absolute Gasteiger partial charge is 0.0468 e. The fraction of sp³-hybridized carbons (Fsp3) is 0.0769. The molecule has 0 aromatic heterocycles. The van der Waals surface area contributed by atoms with Gasteiger partial charge in [-0.2, -0.15) is 0 Å². The highest BCUT2D eigenvalue weighted by Crippen LogP contribution is 2.45. The molecule has 0 N–H and O–H groups in total. The van der Waals surface area contributed by atoms with Crippen LogP contribution in [-0.4, -0.2) is 0 Å². The van der Waals surface area contributed by atoms with Gasteiger partial charge in [0, 0.05) is 17.1 Å². The third-order valence-corrected chi connectivity index (χ3v) is 8.59. The molecule has 6 aromatic carbocycles. The predicted molar refractivity (Wildman–Crippen MR) is 168 cm³/mol. The van der Waals surface area contributed by atoms with E-state index in [1.165, 1.54) is 72.6 Å². The molecule has 6 aromatic rings. The van der Waals surface area contributed by atoms with E-state index >= 15 is 0 Å². The monoisotopic (exact) mass is 511 g/mol. The van der Waals surface area contributed by atoms with E-state index in [-0.39, 0.29) is 0 Å². The lowest BCUT2D eigenvalue weighted by atomic mass is 10.0. The van der Waals surface area contributed by atoms with E-state index in [1.54, 1.807) is 0 Å². The van der Waals surface area contributed by atoms with Crippen LogP contribution in [0.1, 0.15) is 27.8 Å². The number of nitrogens with zero attached hydrogens (tertiary/aromatic N) is 1. The number of anilines is 3. The van der Waals surface area contributed by atoms with Crippen LogP contribution in [-0.2, 0) is 12.8 Å². The molecule has 0 spiro atoms. The van der Waals surface area contributed by atoms with E-state index in [1.807, 2.05) is 0 Å². The fourth-order valence-electron chi connectivity index (χ4n) is 6.50. The SMILES string of the molecule is Cc1ccc(-c2ccc(N(c3ccc4c(c3)-c3ccccc3C4)c3ccc4c(c3)-c3ccccc3C4)cc2)cc1. The molecule has 0 saturated carbocycles. The molecule has 0 atom stereocenters. The standard InChI is InChI=1S/C39H29N/c1-26-10-12-27(13-11-26)28-14-18-33(19-15-28)40(34-20-16-31-22-29-6-2-4-8-36(29)38(31)24-34)35-21-17-32-23-30-7-3-5-9-37(30)39(32)25-35/h2-21,24-25H,22-23H2,1H3. The van der Waals surface area contributed by atoms with Gasteiger partial charge in [0.25, 0.3) is 0 Å². The summed E-state index contributed by atoms with van der Waals surface area (Å²) in [5.41, 5.74) is 18.3. The number of rotatable bonds is 4. The maximum atomic E-state index is 2.42. The fourth-order valence-corrected chi connectivity index (χ4v) is 6.50. The second-order valence-corrected chi connectivity index (χ2v) is 11.1. The molecule has 0 unspecified atom stereocenters. The first-order valence-corrected chi connectivity index (χ1v) is 14.1. The number of hydrogen-bond acceptors (Lipinski definition) is 1. The van der Waals surface area contributed by atoms with E-state index in [0.29, 0.717) is 0 Å². The van der Waals surface area contributed by atoms with Crippen molar-refractivity contribution in [2.24, 2.45) is 0 Å². The Morgan fingerprint density at radius 2 is 0.825 bits per heavy atom. The van der Waals surface area contributed by atoms with Crippen molar-refractivity contribution in [3.05, 3.63) is 161 Å². The van der Waals surface area contributed by atoms with Gasteiger partial charge in [-0.3, -0.25) is 0 Å². The summed E-state index contributed by atoms with van der Waals surface area (Å²) >= 11 is 0.